The molecule has 0 aliphatic rings. The van der Waals surface area contributed by atoms with E-state index in [1.807, 2.05) is 57.1 Å². The monoisotopic (exact) mass is 488 g/mol. The standard InChI is InChI=1S/C18H28N6O2.HI/c1-6-19-18(23(3)12-17-21-13-22-24(17)4)20-11-14(2)26-16-10-8-7-9-15(16)25-5;/h7-10,13-14H,6,11-12H2,1-5H3,(H,19,20);1H. The summed E-state index contributed by atoms with van der Waals surface area (Å²) in [5.41, 5.74) is 0. The minimum absolute atomic E-state index is 0. The third-order valence-corrected chi connectivity index (χ3v) is 3.78. The van der Waals surface area contributed by atoms with Crippen LogP contribution in [0.4, 0.5) is 0 Å². The molecule has 2 aromatic rings. The number of ether oxygens (including phenoxy) is 2. The zero-order valence-electron chi connectivity index (χ0n) is 16.5. The molecular weight excluding hydrogens is 459 g/mol. The number of methoxy groups -OCH3 is 1. The van der Waals surface area contributed by atoms with Gasteiger partial charge in [0.25, 0.3) is 0 Å². The quantitative estimate of drug-likeness (QED) is 0.349. The molecule has 8 nitrogen and oxygen atoms in total. The van der Waals surface area contributed by atoms with Gasteiger partial charge >= 0.3 is 0 Å². The summed E-state index contributed by atoms with van der Waals surface area (Å²) in [6.45, 7) is 5.94. The Kier molecular flexibility index (Phi) is 9.90. The Bertz CT molecular complexity index is 721. The molecule has 0 saturated carbocycles. The van der Waals surface area contributed by atoms with Crippen LogP contribution in [-0.4, -0.2) is 59.0 Å². The Morgan fingerprint density at radius 3 is 2.63 bits per heavy atom. The number of halogens is 1. The van der Waals surface area contributed by atoms with Gasteiger partial charge in [0, 0.05) is 20.6 Å². The van der Waals surface area contributed by atoms with Gasteiger partial charge in [-0.25, -0.2) is 9.98 Å². The van der Waals surface area contributed by atoms with Gasteiger partial charge in [-0.05, 0) is 26.0 Å². The first kappa shape index (κ1) is 23.0. The fourth-order valence-corrected chi connectivity index (χ4v) is 2.41. The van der Waals surface area contributed by atoms with E-state index in [4.69, 9.17) is 9.47 Å². The molecule has 0 bridgehead atoms. The lowest BCUT2D eigenvalue weighted by atomic mass is 10.3. The highest BCUT2D eigenvalue weighted by molar-refractivity contribution is 14.0. The zero-order chi connectivity index (χ0) is 18.9. The van der Waals surface area contributed by atoms with Gasteiger partial charge in [0.2, 0.25) is 0 Å². The molecule has 0 amide bonds. The van der Waals surface area contributed by atoms with Crippen LogP contribution < -0.4 is 14.8 Å². The van der Waals surface area contributed by atoms with Crippen LogP contribution in [0.15, 0.2) is 35.6 Å². The molecule has 1 heterocycles. The fourth-order valence-electron chi connectivity index (χ4n) is 2.41. The van der Waals surface area contributed by atoms with Crippen LogP contribution in [0.3, 0.4) is 0 Å². The summed E-state index contributed by atoms with van der Waals surface area (Å²) in [4.78, 5) is 11.0. The maximum absolute atomic E-state index is 5.96. The number of nitrogens with zero attached hydrogens (tertiary/aromatic N) is 5. The molecular formula is C18H29IN6O2. The summed E-state index contributed by atoms with van der Waals surface area (Å²) >= 11 is 0. The first-order valence-electron chi connectivity index (χ1n) is 8.67. The molecule has 0 aliphatic carbocycles. The van der Waals surface area contributed by atoms with Crippen molar-refractivity contribution in [1.82, 2.24) is 25.0 Å². The molecule has 0 radical (unpaired) electrons. The molecule has 0 fully saturated rings. The molecule has 0 saturated heterocycles. The second-order valence-corrected chi connectivity index (χ2v) is 5.93. The average molecular weight is 488 g/mol. The Morgan fingerprint density at radius 2 is 2.04 bits per heavy atom. The number of rotatable bonds is 8. The van der Waals surface area contributed by atoms with E-state index in [1.54, 1.807) is 18.1 Å². The van der Waals surface area contributed by atoms with Crippen molar-refractivity contribution in [2.45, 2.75) is 26.5 Å². The molecule has 2 rings (SSSR count). The molecule has 27 heavy (non-hydrogen) atoms. The van der Waals surface area contributed by atoms with Gasteiger partial charge in [-0.2, -0.15) is 5.10 Å². The third kappa shape index (κ3) is 6.89. The van der Waals surface area contributed by atoms with Crippen molar-refractivity contribution in [3.8, 4) is 11.5 Å². The first-order chi connectivity index (χ1) is 12.5. The lowest BCUT2D eigenvalue weighted by molar-refractivity contribution is 0.219. The topological polar surface area (TPSA) is 76.8 Å². The highest BCUT2D eigenvalue weighted by Gasteiger charge is 2.12. The minimum atomic E-state index is -0.0943. The van der Waals surface area contributed by atoms with Gasteiger partial charge in [0.05, 0.1) is 20.2 Å². The normalized spacial score (nSPS) is 12.1. The van der Waals surface area contributed by atoms with Gasteiger partial charge in [-0.3, -0.25) is 4.68 Å². The van der Waals surface area contributed by atoms with Gasteiger partial charge in [-0.1, -0.05) is 12.1 Å². The van der Waals surface area contributed by atoms with E-state index in [2.05, 4.69) is 20.4 Å². The van der Waals surface area contributed by atoms with E-state index in [1.165, 1.54) is 0 Å². The van der Waals surface area contributed by atoms with Crippen LogP contribution in [0.25, 0.3) is 0 Å². The first-order valence-corrected chi connectivity index (χ1v) is 8.67. The van der Waals surface area contributed by atoms with E-state index in [0.29, 0.717) is 13.1 Å². The van der Waals surface area contributed by atoms with Crippen molar-refractivity contribution in [1.29, 1.82) is 0 Å². The number of aliphatic imine (C=N–C) groups is 1. The fraction of sp³-hybridized carbons (Fsp3) is 0.500. The van der Waals surface area contributed by atoms with Crippen molar-refractivity contribution >= 4 is 29.9 Å². The Morgan fingerprint density at radius 1 is 1.33 bits per heavy atom. The van der Waals surface area contributed by atoms with Crippen molar-refractivity contribution in [3.63, 3.8) is 0 Å². The highest BCUT2D eigenvalue weighted by Crippen LogP contribution is 2.26. The number of para-hydroxylation sites is 2. The van der Waals surface area contributed by atoms with Crippen LogP contribution in [0, 0.1) is 0 Å². The summed E-state index contributed by atoms with van der Waals surface area (Å²) in [6.07, 6.45) is 1.46. The second kappa shape index (κ2) is 11.6. The Labute approximate surface area is 178 Å². The lowest BCUT2D eigenvalue weighted by Gasteiger charge is -2.22. The summed E-state index contributed by atoms with van der Waals surface area (Å²) < 4.78 is 13.0. The lowest BCUT2D eigenvalue weighted by Crippen LogP contribution is -2.39. The number of benzene rings is 1. The number of hydrogen-bond acceptors (Lipinski definition) is 5. The molecule has 1 aromatic heterocycles. The molecule has 0 aliphatic heterocycles. The maximum atomic E-state index is 5.96. The minimum Gasteiger partial charge on any atom is -0.493 e. The predicted octanol–water partition coefficient (Wildman–Crippen LogP) is 2.31. The third-order valence-electron chi connectivity index (χ3n) is 3.78. The number of hydrogen-bond donors (Lipinski definition) is 1. The Balaban J connectivity index is 0.00000364. The number of aryl methyl sites for hydroxylation is 1. The molecule has 0 spiro atoms. The summed E-state index contributed by atoms with van der Waals surface area (Å²) in [7, 11) is 5.49. The summed E-state index contributed by atoms with van der Waals surface area (Å²) in [5.74, 6) is 3.10. The summed E-state index contributed by atoms with van der Waals surface area (Å²) in [6, 6.07) is 7.61. The second-order valence-electron chi connectivity index (χ2n) is 5.93. The SMILES string of the molecule is CCNC(=NCC(C)Oc1ccccc1OC)N(C)Cc1ncnn1C.I. The van der Waals surface area contributed by atoms with Crippen molar-refractivity contribution in [2.24, 2.45) is 12.0 Å². The van der Waals surface area contributed by atoms with E-state index >= 15 is 0 Å². The van der Waals surface area contributed by atoms with E-state index in [0.717, 1.165) is 29.8 Å². The van der Waals surface area contributed by atoms with Gasteiger partial charge in [0.15, 0.2) is 17.5 Å². The molecule has 1 atom stereocenters. The molecule has 1 N–H and O–H groups in total. The number of guanidine groups is 1. The summed E-state index contributed by atoms with van der Waals surface area (Å²) in [5, 5.41) is 7.39. The molecule has 1 aromatic carbocycles. The Hall–Kier alpha value is -2.04. The molecule has 9 heteroatoms. The van der Waals surface area contributed by atoms with Crippen LogP contribution in [0.5, 0.6) is 11.5 Å². The van der Waals surface area contributed by atoms with Crippen LogP contribution in [-0.2, 0) is 13.6 Å². The largest absolute Gasteiger partial charge is 0.493 e. The number of nitrogens with one attached hydrogen (secondary N) is 1. The van der Waals surface area contributed by atoms with E-state index in [-0.39, 0.29) is 30.1 Å². The van der Waals surface area contributed by atoms with Crippen LogP contribution >= 0.6 is 24.0 Å². The molecule has 1 unspecified atom stereocenters. The zero-order valence-corrected chi connectivity index (χ0v) is 18.9. The number of aromatic nitrogens is 3. The van der Waals surface area contributed by atoms with Crippen molar-refractivity contribution < 1.29 is 9.47 Å². The van der Waals surface area contributed by atoms with Gasteiger partial charge < -0.3 is 19.7 Å². The van der Waals surface area contributed by atoms with Crippen LogP contribution in [0.1, 0.15) is 19.7 Å². The maximum Gasteiger partial charge on any atom is 0.194 e. The molecule has 150 valence electrons. The average Bonchev–Trinajstić information content (AvgIpc) is 3.03. The van der Waals surface area contributed by atoms with Gasteiger partial charge in [-0.15, -0.1) is 24.0 Å². The smallest absolute Gasteiger partial charge is 0.194 e. The van der Waals surface area contributed by atoms with E-state index in [9.17, 15) is 0 Å². The van der Waals surface area contributed by atoms with Gasteiger partial charge in [0.1, 0.15) is 18.3 Å². The van der Waals surface area contributed by atoms with E-state index < -0.39 is 0 Å². The van der Waals surface area contributed by atoms with Crippen molar-refractivity contribution in [2.75, 3.05) is 27.2 Å². The predicted molar refractivity (Wildman–Crippen MR) is 117 cm³/mol. The van der Waals surface area contributed by atoms with Crippen molar-refractivity contribution in [3.05, 3.63) is 36.4 Å². The van der Waals surface area contributed by atoms with Crippen LogP contribution in [0.2, 0.25) is 0 Å². The highest BCUT2D eigenvalue weighted by atomic mass is 127.